The molecule has 0 saturated carbocycles. The summed E-state index contributed by atoms with van der Waals surface area (Å²) in [6, 6.07) is 13.5. The van der Waals surface area contributed by atoms with Gasteiger partial charge in [-0.25, -0.2) is 4.98 Å². The van der Waals surface area contributed by atoms with Crippen molar-refractivity contribution in [3.8, 4) is 5.75 Å². The first kappa shape index (κ1) is 14.3. The number of rotatable bonds is 4. The molecule has 5 heteroatoms. The van der Waals surface area contributed by atoms with Crippen LogP contribution >= 0.6 is 0 Å². The molecule has 0 bridgehead atoms. The number of hydrogen-bond acceptors (Lipinski definition) is 4. The van der Waals surface area contributed by atoms with Crippen LogP contribution in [-0.4, -0.2) is 16.5 Å². The van der Waals surface area contributed by atoms with Gasteiger partial charge in [0.25, 0.3) is 0 Å². The van der Waals surface area contributed by atoms with Crippen molar-refractivity contribution in [2.24, 2.45) is 10.2 Å². The highest BCUT2D eigenvalue weighted by atomic mass is 16.5. The highest BCUT2D eigenvalue weighted by Crippen LogP contribution is 2.32. The second-order valence-corrected chi connectivity index (χ2v) is 5.28. The Morgan fingerprint density at radius 3 is 2.59 bits per heavy atom. The van der Waals surface area contributed by atoms with Crippen LogP contribution in [0.2, 0.25) is 0 Å². The minimum atomic E-state index is 0.270. The SMILES string of the molecule is COc1ccccc1N=Nc1c(C(C)C)nc2ccccn12. The fourth-order valence-electron chi connectivity index (χ4n) is 2.30. The minimum Gasteiger partial charge on any atom is -0.494 e. The second kappa shape index (κ2) is 5.97. The van der Waals surface area contributed by atoms with E-state index in [1.54, 1.807) is 7.11 Å². The Balaban J connectivity index is 2.09. The molecular weight excluding hydrogens is 276 g/mol. The summed E-state index contributed by atoms with van der Waals surface area (Å²) in [4.78, 5) is 4.65. The molecule has 3 rings (SSSR count). The van der Waals surface area contributed by atoms with E-state index in [1.165, 1.54) is 0 Å². The predicted octanol–water partition coefficient (Wildman–Crippen LogP) is 4.88. The molecule has 0 spiro atoms. The molecule has 0 aliphatic rings. The van der Waals surface area contributed by atoms with Gasteiger partial charge in [-0.2, -0.15) is 0 Å². The molecule has 0 atom stereocenters. The Morgan fingerprint density at radius 1 is 1.05 bits per heavy atom. The molecule has 0 radical (unpaired) electrons. The van der Waals surface area contributed by atoms with Crippen molar-refractivity contribution in [1.82, 2.24) is 9.38 Å². The van der Waals surface area contributed by atoms with Crippen LogP contribution in [0.4, 0.5) is 11.5 Å². The first-order chi connectivity index (χ1) is 10.7. The summed E-state index contributed by atoms with van der Waals surface area (Å²) < 4.78 is 7.26. The number of methoxy groups -OCH3 is 1. The number of pyridine rings is 1. The molecule has 3 aromatic rings. The number of nitrogens with zero attached hydrogens (tertiary/aromatic N) is 4. The zero-order valence-corrected chi connectivity index (χ0v) is 12.9. The summed E-state index contributed by atoms with van der Waals surface area (Å²) in [6.45, 7) is 4.20. The number of azo groups is 1. The van der Waals surface area contributed by atoms with Gasteiger partial charge in [-0.05, 0) is 30.2 Å². The van der Waals surface area contributed by atoms with Gasteiger partial charge in [-0.3, -0.25) is 4.40 Å². The van der Waals surface area contributed by atoms with Crippen LogP contribution in [0, 0.1) is 0 Å². The third-order valence-corrected chi connectivity index (χ3v) is 3.42. The molecule has 0 unspecified atom stereocenters. The Hall–Kier alpha value is -2.69. The van der Waals surface area contributed by atoms with Crippen molar-refractivity contribution in [1.29, 1.82) is 0 Å². The zero-order valence-electron chi connectivity index (χ0n) is 12.9. The van der Waals surface area contributed by atoms with E-state index in [0.717, 1.165) is 17.2 Å². The van der Waals surface area contributed by atoms with Gasteiger partial charge in [-0.15, -0.1) is 10.2 Å². The average Bonchev–Trinajstić information content (AvgIpc) is 2.92. The van der Waals surface area contributed by atoms with Crippen LogP contribution in [0.3, 0.4) is 0 Å². The Bertz CT molecular complexity index is 820. The van der Waals surface area contributed by atoms with Crippen LogP contribution in [0.1, 0.15) is 25.5 Å². The molecule has 0 fully saturated rings. The minimum absolute atomic E-state index is 0.270. The molecule has 0 aliphatic heterocycles. The summed E-state index contributed by atoms with van der Waals surface area (Å²) in [5.41, 5.74) is 2.51. The average molecular weight is 294 g/mol. The van der Waals surface area contributed by atoms with Crippen molar-refractivity contribution in [2.45, 2.75) is 19.8 Å². The Kier molecular flexibility index (Phi) is 3.87. The lowest BCUT2D eigenvalue weighted by atomic mass is 10.1. The van der Waals surface area contributed by atoms with Gasteiger partial charge in [0.15, 0.2) is 5.82 Å². The van der Waals surface area contributed by atoms with Crippen LogP contribution in [0.5, 0.6) is 5.75 Å². The van der Waals surface area contributed by atoms with Crippen molar-refractivity contribution >= 4 is 17.2 Å². The van der Waals surface area contributed by atoms with Crippen LogP contribution in [-0.2, 0) is 0 Å². The van der Waals surface area contributed by atoms with E-state index in [4.69, 9.17) is 4.74 Å². The lowest BCUT2D eigenvalue weighted by Crippen LogP contribution is -1.87. The van der Waals surface area contributed by atoms with Crippen LogP contribution < -0.4 is 4.74 Å². The Labute approximate surface area is 129 Å². The quantitative estimate of drug-likeness (QED) is 0.644. The van der Waals surface area contributed by atoms with E-state index in [2.05, 4.69) is 29.1 Å². The Morgan fingerprint density at radius 2 is 1.82 bits per heavy atom. The number of aromatic nitrogens is 2. The number of ether oxygens (including phenoxy) is 1. The summed E-state index contributed by atoms with van der Waals surface area (Å²) in [7, 11) is 1.63. The molecule has 2 aromatic heterocycles. The lowest BCUT2D eigenvalue weighted by Gasteiger charge is -2.03. The number of imidazole rings is 1. The monoisotopic (exact) mass is 294 g/mol. The van der Waals surface area contributed by atoms with E-state index in [1.807, 2.05) is 53.1 Å². The maximum atomic E-state index is 5.30. The summed E-state index contributed by atoms with van der Waals surface area (Å²) >= 11 is 0. The van der Waals surface area contributed by atoms with Gasteiger partial charge in [0.1, 0.15) is 17.1 Å². The fraction of sp³-hybridized carbons (Fsp3) is 0.235. The van der Waals surface area contributed by atoms with Crippen molar-refractivity contribution in [3.63, 3.8) is 0 Å². The van der Waals surface area contributed by atoms with E-state index in [-0.39, 0.29) is 5.92 Å². The highest BCUT2D eigenvalue weighted by molar-refractivity contribution is 5.54. The lowest BCUT2D eigenvalue weighted by molar-refractivity contribution is 0.416. The maximum Gasteiger partial charge on any atom is 0.183 e. The van der Waals surface area contributed by atoms with Crippen LogP contribution in [0.15, 0.2) is 58.9 Å². The van der Waals surface area contributed by atoms with Crippen molar-refractivity contribution in [3.05, 3.63) is 54.4 Å². The zero-order chi connectivity index (χ0) is 15.5. The van der Waals surface area contributed by atoms with E-state index >= 15 is 0 Å². The number of benzene rings is 1. The number of fused-ring (bicyclic) bond motifs is 1. The van der Waals surface area contributed by atoms with Gasteiger partial charge >= 0.3 is 0 Å². The molecule has 0 N–H and O–H groups in total. The van der Waals surface area contributed by atoms with Crippen molar-refractivity contribution < 1.29 is 4.74 Å². The van der Waals surface area contributed by atoms with Crippen LogP contribution in [0.25, 0.3) is 5.65 Å². The molecular formula is C17H18N4O. The molecule has 0 amide bonds. The molecule has 112 valence electrons. The maximum absolute atomic E-state index is 5.30. The predicted molar refractivity (Wildman–Crippen MR) is 86.5 cm³/mol. The summed E-state index contributed by atoms with van der Waals surface area (Å²) in [5.74, 6) is 1.73. The number of hydrogen-bond donors (Lipinski definition) is 0. The molecule has 22 heavy (non-hydrogen) atoms. The van der Waals surface area contributed by atoms with Gasteiger partial charge in [0.2, 0.25) is 0 Å². The molecule has 5 nitrogen and oxygen atoms in total. The van der Waals surface area contributed by atoms with Crippen molar-refractivity contribution in [2.75, 3.05) is 7.11 Å². The first-order valence-corrected chi connectivity index (χ1v) is 7.22. The molecule has 0 aliphatic carbocycles. The molecule has 0 saturated heterocycles. The summed E-state index contributed by atoms with van der Waals surface area (Å²) in [6.07, 6.45) is 1.95. The van der Waals surface area contributed by atoms with Gasteiger partial charge in [0, 0.05) is 6.20 Å². The molecule has 1 aromatic carbocycles. The first-order valence-electron chi connectivity index (χ1n) is 7.22. The number of para-hydroxylation sites is 1. The third kappa shape index (κ3) is 2.57. The van der Waals surface area contributed by atoms with E-state index in [0.29, 0.717) is 11.4 Å². The summed E-state index contributed by atoms with van der Waals surface area (Å²) in [5, 5.41) is 8.79. The van der Waals surface area contributed by atoms with Gasteiger partial charge < -0.3 is 4.74 Å². The smallest absolute Gasteiger partial charge is 0.183 e. The van der Waals surface area contributed by atoms with E-state index < -0.39 is 0 Å². The molecule has 2 heterocycles. The van der Waals surface area contributed by atoms with Gasteiger partial charge in [0.05, 0.1) is 12.8 Å². The topological polar surface area (TPSA) is 51.2 Å². The third-order valence-electron chi connectivity index (χ3n) is 3.42. The second-order valence-electron chi connectivity index (χ2n) is 5.28. The van der Waals surface area contributed by atoms with E-state index in [9.17, 15) is 0 Å². The fourth-order valence-corrected chi connectivity index (χ4v) is 2.30. The largest absolute Gasteiger partial charge is 0.494 e. The normalized spacial score (nSPS) is 11.6. The standard InChI is InChI=1S/C17H18N4O/c1-12(2)16-17(21-11-7-6-10-15(21)18-16)20-19-13-8-4-5-9-14(13)22-3/h4-12H,1-3H3. The highest BCUT2D eigenvalue weighted by Gasteiger charge is 2.14. The van der Waals surface area contributed by atoms with Gasteiger partial charge in [-0.1, -0.05) is 32.0 Å².